The van der Waals surface area contributed by atoms with E-state index in [1.807, 2.05) is 0 Å². The van der Waals surface area contributed by atoms with Crippen molar-refractivity contribution in [1.29, 1.82) is 0 Å². The number of piperidine rings is 1. The summed E-state index contributed by atoms with van der Waals surface area (Å²) >= 11 is 0. The summed E-state index contributed by atoms with van der Waals surface area (Å²) in [6.07, 6.45) is 2.18. The minimum Gasteiger partial charge on any atom is -0.393 e. The molecule has 0 radical (unpaired) electrons. The summed E-state index contributed by atoms with van der Waals surface area (Å²) in [6, 6.07) is 0. The van der Waals surface area contributed by atoms with Crippen molar-refractivity contribution in [3.63, 3.8) is 0 Å². The van der Waals surface area contributed by atoms with E-state index < -0.39 is 0 Å². The second-order valence-corrected chi connectivity index (χ2v) is 4.82. The van der Waals surface area contributed by atoms with Crippen molar-refractivity contribution in [3.05, 3.63) is 0 Å². The minimum absolute atomic E-state index is 0.0599. The quantitative estimate of drug-likeness (QED) is 0.724. The lowest BCUT2D eigenvalue weighted by molar-refractivity contribution is 0.0336. The van der Waals surface area contributed by atoms with Crippen LogP contribution in [0, 0.1) is 11.8 Å². The van der Waals surface area contributed by atoms with Crippen LogP contribution in [0.15, 0.2) is 0 Å². The monoisotopic (exact) mass is 185 g/mol. The number of aliphatic hydroxyl groups is 1. The molecule has 1 aliphatic rings. The van der Waals surface area contributed by atoms with Crippen LogP contribution in [0.4, 0.5) is 0 Å². The van der Waals surface area contributed by atoms with Crippen LogP contribution in [0.1, 0.15) is 33.6 Å². The molecule has 2 heteroatoms. The molecule has 1 fully saturated rings. The van der Waals surface area contributed by atoms with Gasteiger partial charge in [-0.15, -0.1) is 0 Å². The number of nitrogens with zero attached hydrogens (tertiary/aromatic N) is 1. The Morgan fingerprint density at radius 2 is 2.15 bits per heavy atom. The zero-order valence-corrected chi connectivity index (χ0v) is 9.16. The normalized spacial score (nSPS) is 31.2. The third-order valence-corrected chi connectivity index (χ3v) is 2.97. The van der Waals surface area contributed by atoms with Crippen molar-refractivity contribution in [2.45, 2.75) is 39.7 Å². The molecule has 0 aliphatic carbocycles. The Balaban J connectivity index is 2.21. The number of aliphatic hydroxyl groups excluding tert-OH is 1. The Morgan fingerprint density at radius 3 is 2.69 bits per heavy atom. The molecule has 0 saturated carbocycles. The third kappa shape index (κ3) is 3.65. The largest absolute Gasteiger partial charge is 0.393 e. The van der Waals surface area contributed by atoms with Gasteiger partial charge in [0.2, 0.25) is 0 Å². The molecule has 1 N–H and O–H groups in total. The first-order valence-electron chi connectivity index (χ1n) is 5.50. The summed E-state index contributed by atoms with van der Waals surface area (Å²) in [5.41, 5.74) is 0. The molecule has 0 aromatic rings. The average molecular weight is 185 g/mol. The highest BCUT2D eigenvalue weighted by molar-refractivity contribution is 4.76. The Hall–Kier alpha value is -0.0800. The molecule has 1 saturated heterocycles. The van der Waals surface area contributed by atoms with E-state index in [0.29, 0.717) is 5.92 Å². The lowest BCUT2D eigenvalue weighted by Crippen LogP contribution is -2.42. The van der Waals surface area contributed by atoms with E-state index in [9.17, 15) is 5.11 Å². The van der Waals surface area contributed by atoms with Crippen LogP contribution >= 0.6 is 0 Å². The van der Waals surface area contributed by atoms with E-state index >= 15 is 0 Å². The molecule has 0 spiro atoms. The Bertz CT molecular complexity index is 147. The van der Waals surface area contributed by atoms with Crippen LogP contribution in [0.2, 0.25) is 0 Å². The van der Waals surface area contributed by atoms with Gasteiger partial charge in [-0.25, -0.2) is 0 Å². The summed E-state index contributed by atoms with van der Waals surface area (Å²) in [5, 5.41) is 9.55. The molecule has 13 heavy (non-hydrogen) atoms. The summed E-state index contributed by atoms with van der Waals surface area (Å²) in [7, 11) is 0. The molecular formula is C11H23NO. The first kappa shape index (κ1) is 11.0. The maximum absolute atomic E-state index is 9.55. The van der Waals surface area contributed by atoms with Crippen molar-refractivity contribution in [2.24, 2.45) is 11.8 Å². The van der Waals surface area contributed by atoms with Crippen molar-refractivity contribution in [2.75, 3.05) is 19.6 Å². The minimum atomic E-state index is -0.0599. The molecule has 1 heterocycles. The predicted octanol–water partition coefficient (Wildman–Crippen LogP) is 1.74. The number of likely N-dealkylation sites (tertiary alicyclic amines) is 1. The fourth-order valence-corrected chi connectivity index (χ4v) is 1.86. The molecule has 0 aromatic carbocycles. The summed E-state index contributed by atoms with van der Waals surface area (Å²) in [6.45, 7) is 10.0. The van der Waals surface area contributed by atoms with Gasteiger partial charge in [0, 0.05) is 13.1 Å². The van der Waals surface area contributed by atoms with Crippen molar-refractivity contribution < 1.29 is 5.11 Å². The van der Waals surface area contributed by atoms with Gasteiger partial charge >= 0.3 is 0 Å². The Kier molecular flexibility index (Phi) is 4.20. The van der Waals surface area contributed by atoms with Gasteiger partial charge in [0.15, 0.2) is 0 Å². The third-order valence-electron chi connectivity index (χ3n) is 2.97. The van der Waals surface area contributed by atoms with Crippen LogP contribution in [-0.2, 0) is 0 Å². The molecule has 78 valence electrons. The van der Waals surface area contributed by atoms with Crippen molar-refractivity contribution in [3.8, 4) is 0 Å². The van der Waals surface area contributed by atoms with Gasteiger partial charge in [-0.05, 0) is 31.2 Å². The molecule has 0 bridgehead atoms. The zero-order chi connectivity index (χ0) is 9.84. The average Bonchev–Trinajstić information content (AvgIpc) is 2.07. The van der Waals surface area contributed by atoms with Gasteiger partial charge in [-0.2, -0.15) is 0 Å². The molecule has 1 rings (SSSR count). The smallest absolute Gasteiger partial charge is 0.0590 e. The second kappa shape index (κ2) is 4.97. The van der Waals surface area contributed by atoms with E-state index in [0.717, 1.165) is 25.4 Å². The SMILES string of the molecule is CC(C)CCN1CC[C@@H](O)[C@@H](C)C1. The summed E-state index contributed by atoms with van der Waals surface area (Å²) in [5.74, 6) is 1.25. The molecular weight excluding hydrogens is 162 g/mol. The maximum Gasteiger partial charge on any atom is 0.0590 e. The number of hydrogen-bond donors (Lipinski definition) is 1. The van der Waals surface area contributed by atoms with Crippen LogP contribution in [0.25, 0.3) is 0 Å². The van der Waals surface area contributed by atoms with Gasteiger partial charge in [0.05, 0.1) is 6.10 Å². The van der Waals surface area contributed by atoms with E-state index in [-0.39, 0.29) is 6.10 Å². The van der Waals surface area contributed by atoms with Crippen LogP contribution < -0.4 is 0 Å². The molecule has 2 atom stereocenters. The molecule has 2 nitrogen and oxygen atoms in total. The van der Waals surface area contributed by atoms with Crippen LogP contribution in [0.5, 0.6) is 0 Å². The summed E-state index contributed by atoms with van der Waals surface area (Å²) < 4.78 is 0. The standard InChI is InChI=1S/C11H23NO/c1-9(2)4-6-12-7-5-11(13)10(3)8-12/h9-11,13H,4-8H2,1-3H3/t10-,11+/m0/s1. The van der Waals surface area contributed by atoms with E-state index in [1.54, 1.807) is 0 Å². The lowest BCUT2D eigenvalue weighted by Gasteiger charge is -2.34. The number of hydrogen-bond acceptors (Lipinski definition) is 2. The fraction of sp³-hybridized carbons (Fsp3) is 1.00. The first-order chi connectivity index (χ1) is 6.09. The first-order valence-corrected chi connectivity index (χ1v) is 5.50. The van der Waals surface area contributed by atoms with Gasteiger partial charge in [0.25, 0.3) is 0 Å². The second-order valence-electron chi connectivity index (χ2n) is 4.82. The van der Waals surface area contributed by atoms with Crippen molar-refractivity contribution in [1.82, 2.24) is 4.90 Å². The van der Waals surface area contributed by atoms with Gasteiger partial charge in [-0.1, -0.05) is 20.8 Å². The highest BCUT2D eigenvalue weighted by Crippen LogP contribution is 2.17. The van der Waals surface area contributed by atoms with Crippen LogP contribution in [0.3, 0.4) is 0 Å². The summed E-state index contributed by atoms with van der Waals surface area (Å²) in [4.78, 5) is 2.48. The molecule has 0 unspecified atom stereocenters. The van der Waals surface area contributed by atoms with Crippen molar-refractivity contribution >= 4 is 0 Å². The lowest BCUT2D eigenvalue weighted by atomic mass is 9.96. The number of rotatable bonds is 3. The maximum atomic E-state index is 9.55. The Morgan fingerprint density at radius 1 is 1.46 bits per heavy atom. The van der Waals surface area contributed by atoms with Gasteiger partial charge < -0.3 is 10.0 Å². The Labute approximate surface area is 81.9 Å². The fourth-order valence-electron chi connectivity index (χ4n) is 1.86. The van der Waals surface area contributed by atoms with E-state index in [1.165, 1.54) is 13.0 Å². The van der Waals surface area contributed by atoms with E-state index in [2.05, 4.69) is 25.7 Å². The zero-order valence-electron chi connectivity index (χ0n) is 9.16. The topological polar surface area (TPSA) is 23.5 Å². The predicted molar refractivity (Wildman–Crippen MR) is 55.7 cm³/mol. The molecule has 0 amide bonds. The molecule has 1 aliphatic heterocycles. The van der Waals surface area contributed by atoms with Gasteiger partial charge in [-0.3, -0.25) is 0 Å². The van der Waals surface area contributed by atoms with E-state index in [4.69, 9.17) is 0 Å². The van der Waals surface area contributed by atoms with Crippen LogP contribution in [-0.4, -0.2) is 35.7 Å². The highest BCUT2D eigenvalue weighted by Gasteiger charge is 2.23. The van der Waals surface area contributed by atoms with Gasteiger partial charge in [0.1, 0.15) is 0 Å². The highest BCUT2D eigenvalue weighted by atomic mass is 16.3. The molecule has 0 aromatic heterocycles.